The number of rotatable bonds is 11. The van der Waals surface area contributed by atoms with Gasteiger partial charge in [-0.2, -0.15) is 0 Å². The van der Waals surface area contributed by atoms with E-state index in [2.05, 4.69) is 64.1 Å². The van der Waals surface area contributed by atoms with Gasteiger partial charge in [0.15, 0.2) is 0 Å². The van der Waals surface area contributed by atoms with Crippen LogP contribution in [0, 0.1) is 6.92 Å². The van der Waals surface area contributed by atoms with Crippen molar-refractivity contribution < 1.29 is 15.3 Å². The van der Waals surface area contributed by atoms with Gasteiger partial charge in [-0.3, -0.25) is 10.1 Å². The van der Waals surface area contributed by atoms with Crippen LogP contribution >= 0.6 is 11.3 Å². The Balaban J connectivity index is 1.10. The molecule has 0 fully saturated rings. The number of aliphatic hydroxyl groups excluding tert-OH is 2. The molecule has 0 aliphatic carbocycles. The zero-order valence-electron chi connectivity index (χ0n) is 21.1. The number of aryl methyl sites for hydroxylation is 1. The first kappa shape index (κ1) is 26.1. The molecule has 9 heteroatoms. The van der Waals surface area contributed by atoms with Crippen molar-refractivity contribution in [3.63, 3.8) is 0 Å². The van der Waals surface area contributed by atoms with E-state index in [0.717, 1.165) is 36.4 Å². The molecule has 198 valence electrons. The van der Waals surface area contributed by atoms with E-state index in [4.69, 9.17) is 0 Å². The predicted octanol–water partition coefficient (Wildman–Crippen LogP) is 3.60. The fourth-order valence-corrected chi connectivity index (χ4v) is 5.74. The van der Waals surface area contributed by atoms with Gasteiger partial charge < -0.3 is 30.6 Å². The highest BCUT2D eigenvalue weighted by molar-refractivity contribution is 7.16. The summed E-state index contributed by atoms with van der Waals surface area (Å²) in [6.07, 6.45) is 1.25. The molecular weight excluding hydrogens is 500 g/mol. The van der Waals surface area contributed by atoms with E-state index in [-0.39, 0.29) is 16.1 Å². The Morgan fingerprint density at radius 2 is 1.79 bits per heavy atom. The number of nitrogens with one attached hydrogen (secondary N) is 4. The number of para-hydroxylation sites is 1. The van der Waals surface area contributed by atoms with Crippen molar-refractivity contribution in [3.8, 4) is 5.75 Å². The average Bonchev–Trinajstić information content (AvgIpc) is 3.51. The van der Waals surface area contributed by atoms with Gasteiger partial charge >= 0.3 is 4.87 Å². The van der Waals surface area contributed by atoms with Crippen LogP contribution in [0.5, 0.6) is 5.75 Å². The first-order valence-corrected chi connectivity index (χ1v) is 13.5. The molecule has 0 aliphatic rings. The number of aromatic nitrogens is 2. The van der Waals surface area contributed by atoms with Crippen LogP contribution in [0.1, 0.15) is 33.9 Å². The quantitative estimate of drug-likeness (QED) is 0.103. The van der Waals surface area contributed by atoms with Crippen LogP contribution in [0.15, 0.2) is 65.6 Å². The third-order valence-electron chi connectivity index (χ3n) is 6.87. The van der Waals surface area contributed by atoms with Crippen molar-refractivity contribution in [2.75, 3.05) is 13.1 Å². The minimum absolute atomic E-state index is 0.0702. The largest absolute Gasteiger partial charge is 0.506 e. The van der Waals surface area contributed by atoms with Gasteiger partial charge in [-0.25, -0.2) is 0 Å². The van der Waals surface area contributed by atoms with Crippen LogP contribution < -0.4 is 15.5 Å². The third kappa shape index (κ3) is 5.67. The molecule has 0 saturated heterocycles. The van der Waals surface area contributed by atoms with Crippen molar-refractivity contribution >= 4 is 32.5 Å². The second-order valence-electron chi connectivity index (χ2n) is 9.54. The highest BCUT2D eigenvalue weighted by Crippen LogP contribution is 2.32. The monoisotopic (exact) mass is 532 g/mol. The standard InChI is InChI=1S/C29H32N4O4S/c1-17-4-2-7-21-20(16-32-24(17)21)11-12-30-15-19-6-3-5-18(14-19)10-13-31-28(36)26(35)22-8-9-23(34)25-27(22)38-29(37)33-25/h2-9,14,16,26,28,30-32,34-36H,10-13,15H2,1H3,(H,33,37). The third-order valence-corrected chi connectivity index (χ3v) is 7.81. The number of phenolic OH excluding ortho intramolecular Hbond substituents is 1. The van der Waals surface area contributed by atoms with E-state index in [1.165, 1.54) is 39.7 Å². The lowest BCUT2D eigenvalue weighted by molar-refractivity contribution is -0.00168. The highest BCUT2D eigenvalue weighted by Gasteiger charge is 2.22. The summed E-state index contributed by atoms with van der Waals surface area (Å²) in [5, 5.41) is 38.9. The fraction of sp³-hybridized carbons (Fsp3) is 0.276. The molecule has 5 aromatic rings. The summed E-state index contributed by atoms with van der Waals surface area (Å²) in [5.41, 5.74) is 6.75. The molecule has 0 radical (unpaired) electrons. The minimum atomic E-state index is -1.25. The number of phenols is 1. The smallest absolute Gasteiger partial charge is 0.305 e. The van der Waals surface area contributed by atoms with Crippen LogP contribution in [0.25, 0.3) is 21.1 Å². The Morgan fingerprint density at radius 1 is 0.974 bits per heavy atom. The zero-order chi connectivity index (χ0) is 26.6. The Kier molecular flexibility index (Phi) is 7.92. The molecule has 0 saturated carbocycles. The summed E-state index contributed by atoms with van der Waals surface area (Å²) in [6, 6.07) is 17.6. The lowest BCUT2D eigenvalue weighted by Gasteiger charge is -2.20. The number of H-pyrrole nitrogens is 2. The van der Waals surface area contributed by atoms with Gasteiger partial charge in [0.1, 0.15) is 23.6 Å². The van der Waals surface area contributed by atoms with Gasteiger partial charge in [0, 0.05) is 35.8 Å². The van der Waals surface area contributed by atoms with Crippen molar-refractivity contribution in [2.24, 2.45) is 0 Å². The number of hydrogen-bond donors (Lipinski definition) is 7. The Bertz CT molecular complexity index is 1610. The zero-order valence-corrected chi connectivity index (χ0v) is 21.9. The maximum Gasteiger partial charge on any atom is 0.305 e. The Hall–Kier alpha value is -3.47. The topological polar surface area (TPSA) is 133 Å². The number of aromatic hydroxyl groups is 1. The van der Waals surface area contributed by atoms with Crippen LogP contribution in [0.4, 0.5) is 0 Å². The average molecular weight is 533 g/mol. The van der Waals surface area contributed by atoms with Crippen LogP contribution in [-0.2, 0) is 19.4 Å². The molecule has 38 heavy (non-hydrogen) atoms. The normalized spacial score (nSPS) is 13.3. The SMILES string of the molecule is Cc1cccc2c(CCNCc3cccc(CCNC(O)C(O)c4ccc(O)c5[nH]c(=O)sc45)c3)c[nH]c12. The van der Waals surface area contributed by atoms with Gasteiger partial charge in [0.05, 0.1) is 4.70 Å². The van der Waals surface area contributed by atoms with Crippen LogP contribution in [0.2, 0.25) is 0 Å². The molecule has 2 unspecified atom stereocenters. The molecule has 2 aromatic heterocycles. The first-order chi connectivity index (χ1) is 18.4. The van der Waals surface area contributed by atoms with E-state index in [9.17, 15) is 20.1 Å². The summed E-state index contributed by atoms with van der Waals surface area (Å²) in [5.74, 6) is -0.0702. The molecular formula is C29H32N4O4S. The summed E-state index contributed by atoms with van der Waals surface area (Å²) >= 11 is 0.891. The second kappa shape index (κ2) is 11.5. The highest BCUT2D eigenvalue weighted by atomic mass is 32.1. The fourth-order valence-electron chi connectivity index (χ4n) is 4.84. The lowest BCUT2D eigenvalue weighted by Crippen LogP contribution is -2.36. The molecule has 3 aromatic carbocycles. The van der Waals surface area contributed by atoms with Crippen molar-refractivity contribution in [1.29, 1.82) is 0 Å². The van der Waals surface area contributed by atoms with E-state index in [0.29, 0.717) is 23.2 Å². The first-order valence-electron chi connectivity index (χ1n) is 12.7. The summed E-state index contributed by atoms with van der Waals surface area (Å²) in [6.45, 7) is 4.21. The molecule has 2 atom stereocenters. The van der Waals surface area contributed by atoms with Crippen LogP contribution in [0.3, 0.4) is 0 Å². The van der Waals surface area contributed by atoms with Gasteiger partial charge in [0.2, 0.25) is 0 Å². The van der Waals surface area contributed by atoms with E-state index >= 15 is 0 Å². The minimum Gasteiger partial charge on any atom is -0.506 e. The summed E-state index contributed by atoms with van der Waals surface area (Å²) in [7, 11) is 0. The van der Waals surface area contributed by atoms with Gasteiger partial charge in [-0.15, -0.1) is 0 Å². The number of thiazole rings is 1. The molecule has 0 spiro atoms. The molecule has 8 nitrogen and oxygen atoms in total. The molecule has 7 N–H and O–H groups in total. The molecule has 0 bridgehead atoms. The molecule has 2 heterocycles. The Morgan fingerprint density at radius 3 is 2.66 bits per heavy atom. The van der Waals surface area contributed by atoms with Gasteiger partial charge in [-0.05, 0) is 54.6 Å². The number of aliphatic hydroxyl groups is 2. The molecule has 0 amide bonds. The second-order valence-corrected chi connectivity index (χ2v) is 10.5. The summed E-state index contributed by atoms with van der Waals surface area (Å²) < 4.78 is 0.434. The molecule has 0 aliphatic heterocycles. The van der Waals surface area contributed by atoms with Gasteiger partial charge in [-0.1, -0.05) is 59.9 Å². The number of hydrogen-bond acceptors (Lipinski definition) is 7. The summed E-state index contributed by atoms with van der Waals surface area (Å²) in [4.78, 5) is 17.3. The maximum atomic E-state index is 11.7. The van der Waals surface area contributed by atoms with Crippen molar-refractivity contribution in [3.05, 3.63) is 98.3 Å². The van der Waals surface area contributed by atoms with E-state index in [1.807, 2.05) is 12.1 Å². The van der Waals surface area contributed by atoms with Crippen molar-refractivity contribution in [1.82, 2.24) is 20.6 Å². The predicted molar refractivity (Wildman–Crippen MR) is 152 cm³/mol. The lowest BCUT2D eigenvalue weighted by atomic mass is 10.1. The number of benzene rings is 3. The molecule has 5 rings (SSSR count). The van der Waals surface area contributed by atoms with E-state index < -0.39 is 12.3 Å². The Labute approximate surface area is 224 Å². The van der Waals surface area contributed by atoms with Crippen LogP contribution in [-0.4, -0.2) is 44.6 Å². The van der Waals surface area contributed by atoms with Crippen molar-refractivity contribution in [2.45, 2.75) is 38.6 Å². The number of fused-ring (bicyclic) bond motifs is 2. The van der Waals surface area contributed by atoms with E-state index in [1.54, 1.807) is 0 Å². The number of aromatic amines is 2. The van der Waals surface area contributed by atoms with Gasteiger partial charge in [0.25, 0.3) is 0 Å². The maximum absolute atomic E-state index is 11.7.